The second-order valence-corrected chi connectivity index (χ2v) is 8.31. The fraction of sp³-hybridized carbons (Fsp3) is 0.429. The highest BCUT2D eigenvalue weighted by atomic mass is 15.2. The first kappa shape index (κ1) is 22.2. The minimum absolute atomic E-state index is 0.904. The summed E-state index contributed by atoms with van der Waals surface area (Å²) >= 11 is 0. The number of nitrogens with zero attached hydrogens (tertiary/aromatic N) is 2. The topological polar surface area (TPSA) is 25.3 Å². The molecule has 0 aromatic heterocycles. The van der Waals surface area contributed by atoms with Crippen LogP contribution in [0.1, 0.15) is 87.3 Å². The zero-order valence-corrected chi connectivity index (χ0v) is 19.4. The normalized spacial score (nSPS) is 13.9. The van der Waals surface area contributed by atoms with E-state index in [0.29, 0.717) is 0 Å². The second-order valence-electron chi connectivity index (χ2n) is 8.31. The molecular weight excluding hydrogens is 364 g/mol. The predicted molar refractivity (Wildman–Crippen MR) is 128 cm³/mol. The number of allylic oxidation sites excluding steroid dienone is 2. The summed E-state index contributed by atoms with van der Waals surface area (Å²) in [5, 5.41) is 0. The van der Waals surface area contributed by atoms with Crippen molar-refractivity contribution < 1.29 is 4.70 Å². The second kappa shape index (κ2) is 10.0. The van der Waals surface area contributed by atoms with Gasteiger partial charge in [-0.05, 0) is 85.0 Å². The standard InChI is InChI=1S/C28H36N2/c1-6-11-12-24-19-27(25-15-20(7-2)13-21(8-3)16-25)30(29)28(24)26-17-22(9-4)14-23(10-5)18-26/h13-19H,6-12H2,1-5H3. The monoisotopic (exact) mass is 400 g/mol. The van der Waals surface area contributed by atoms with Crippen LogP contribution in [-0.4, -0.2) is 4.70 Å². The molecule has 2 heteroatoms. The molecule has 0 aliphatic carbocycles. The van der Waals surface area contributed by atoms with E-state index in [-0.39, 0.29) is 0 Å². The van der Waals surface area contributed by atoms with E-state index in [4.69, 9.17) is 0 Å². The van der Waals surface area contributed by atoms with Crippen molar-refractivity contribution in [3.8, 4) is 0 Å². The zero-order chi connectivity index (χ0) is 21.7. The number of hydrogen-bond acceptors (Lipinski definition) is 0. The summed E-state index contributed by atoms with van der Waals surface area (Å²) in [6.45, 7) is 11.0. The van der Waals surface area contributed by atoms with Gasteiger partial charge in [0.15, 0.2) is 0 Å². The molecule has 1 aliphatic rings. The Hall–Kier alpha value is -2.48. The first-order valence-electron chi connectivity index (χ1n) is 11.7. The van der Waals surface area contributed by atoms with Gasteiger partial charge in [-0.1, -0.05) is 53.2 Å². The molecule has 2 aromatic rings. The highest BCUT2D eigenvalue weighted by Crippen LogP contribution is 2.38. The quantitative estimate of drug-likeness (QED) is 0.382. The zero-order valence-electron chi connectivity index (χ0n) is 19.4. The fourth-order valence-electron chi connectivity index (χ4n) is 4.25. The third-order valence-corrected chi connectivity index (χ3v) is 6.16. The molecule has 2 nitrogen and oxygen atoms in total. The molecule has 30 heavy (non-hydrogen) atoms. The summed E-state index contributed by atoms with van der Waals surface area (Å²) in [5.74, 6) is 0. The smallest absolute Gasteiger partial charge is 0.210 e. The Labute approximate surface area is 182 Å². The van der Waals surface area contributed by atoms with Gasteiger partial charge in [0.05, 0.1) is 0 Å². The van der Waals surface area contributed by atoms with E-state index in [0.717, 1.165) is 67.5 Å². The lowest BCUT2D eigenvalue weighted by molar-refractivity contribution is -0.344. The predicted octanol–water partition coefficient (Wildman–Crippen LogP) is 7.93. The van der Waals surface area contributed by atoms with E-state index in [1.807, 2.05) is 0 Å². The van der Waals surface area contributed by atoms with E-state index in [2.05, 4.69) is 77.1 Å². The molecule has 0 amide bonds. The van der Waals surface area contributed by atoms with Crippen LogP contribution in [-0.2, 0) is 25.7 Å². The average Bonchev–Trinajstić information content (AvgIpc) is 3.12. The minimum atomic E-state index is 0.904. The van der Waals surface area contributed by atoms with Gasteiger partial charge in [0, 0.05) is 22.8 Å². The molecule has 0 radical (unpaired) electrons. The average molecular weight is 401 g/mol. The summed E-state index contributed by atoms with van der Waals surface area (Å²) in [7, 11) is 0. The van der Waals surface area contributed by atoms with Gasteiger partial charge >= 0.3 is 0 Å². The van der Waals surface area contributed by atoms with Gasteiger partial charge in [0.1, 0.15) is 0 Å². The highest BCUT2D eigenvalue weighted by molar-refractivity contribution is 5.79. The Kier molecular flexibility index (Phi) is 7.42. The minimum Gasteiger partial charge on any atom is -0.493 e. The number of unbranched alkanes of at least 4 members (excludes halogenated alkanes) is 1. The van der Waals surface area contributed by atoms with E-state index in [1.165, 1.54) is 32.5 Å². The van der Waals surface area contributed by atoms with Crippen molar-refractivity contribution in [2.75, 3.05) is 0 Å². The van der Waals surface area contributed by atoms with Gasteiger partial charge in [0.25, 0.3) is 0 Å². The molecule has 0 fully saturated rings. The maximum Gasteiger partial charge on any atom is 0.210 e. The number of aryl methyl sites for hydroxylation is 4. The summed E-state index contributed by atoms with van der Waals surface area (Å²) in [5.41, 5.74) is 22.0. The van der Waals surface area contributed by atoms with Crippen molar-refractivity contribution in [3.05, 3.63) is 87.0 Å². The van der Waals surface area contributed by atoms with Crippen LogP contribution < -0.4 is 0 Å². The molecule has 1 aliphatic heterocycles. The Morgan fingerprint density at radius 3 is 1.57 bits per heavy atom. The van der Waals surface area contributed by atoms with Crippen LogP contribution in [0, 0.1) is 0 Å². The van der Waals surface area contributed by atoms with Crippen LogP contribution in [0.4, 0.5) is 0 Å². The van der Waals surface area contributed by atoms with Crippen LogP contribution in [0.2, 0.25) is 0 Å². The molecule has 1 heterocycles. The van der Waals surface area contributed by atoms with Crippen molar-refractivity contribution in [3.63, 3.8) is 0 Å². The van der Waals surface area contributed by atoms with Gasteiger partial charge in [-0.3, -0.25) is 0 Å². The van der Waals surface area contributed by atoms with E-state index < -0.39 is 0 Å². The summed E-state index contributed by atoms with van der Waals surface area (Å²) < 4.78 is 1.45. The molecule has 0 bridgehead atoms. The fourth-order valence-corrected chi connectivity index (χ4v) is 4.25. The molecule has 0 atom stereocenters. The third-order valence-electron chi connectivity index (χ3n) is 6.16. The maximum atomic E-state index is 11.4. The Morgan fingerprint density at radius 1 is 0.667 bits per heavy atom. The largest absolute Gasteiger partial charge is 0.493 e. The number of hydrogen-bond donors (Lipinski definition) is 0. The van der Waals surface area contributed by atoms with E-state index in [9.17, 15) is 5.53 Å². The third kappa shape index (κ3) is 4.64. The van der Waals surface area contributed by atoms with Crippen molar-refractivity contribution in [2.24, 2.45) is 0 Å². The van der Waals surface area contributed by atoms with Crippen LogP contribution >= 0.6 is 0 Å². The molecule has 0 unspecified atom stereocenters. The van der Waals surface area contributed by atoms with Gasteiger partial charge in [-0.25, -0.2) is 4.70 Å². The van der Waals surface area contributed by atoms with Crippen LogP contribution in [0.5, 0.6) is 0 Å². The lowest BCUT2D eigenvalue weighted by Crippen LogP contribution is -2.04. The van der Waals surface area contributed by atoms with Crippen LogP contribution in [0.25, 0.3) is 16.9 Å². The van der Waals surface area contributed by atoms with Gasteiger partial charge in [-0.2, -0.15) is 0 Å². The van der Waals surface area contributed by atoms with Crippen molar-refractivity contribution >= 4 is 11.4 Å². The SMILES string of the molecule is CCCCC1=C(c2cc(CC)cc(CC)c2)[N+](=[N-])C(c2cc(CC)cc(CC)c2)=C1. The molecule has 0 spiro atoms. The highest BCUT2D eigenvalue weighted by Gasteiger charge is 2.29. The number of rotatable bonds is 9. The Morgan fingerprint density at radius 2 is 1.13 bits per heavy atom. The van der Waals surface area contributed by atoms with Gasteiger partial charge in [-0.15, -0.1) is 0 Å². The molecule has 2 aromatic carbocycles. The van der Waals surface area contributed by atoms with E-state index in [1.54, 1.807) is 0 Å². The Bertz CT molecular complexity index is 947. The molecular formula is C28H36N2. The van der Waals surface area contributed by atoms with Crippen molar-refractivity contribution in [2.45, 2.75) is 79.6 Å². The van der Waals surface area contributed by atoms with Gasteiger partial charge < -0.3 is 5.53 Å². The molecule has 0 saturated heterocycles. The Balaban J connectivity index is 2.10. The summed E-state index contributed by atoms with van der Waals surface area (Å²) in [4.78, 5) is 0. The van der Waals surface area contributed by atoms with Crippen LogP contribution in [0.3, 0.4) is 0 Å². The van der Waals surface area contributed by atoms with Crippen LogP contribution in [0.15, 0.2) is 48.0 Å². The molecule has 3 rings (SSSR count). The van der Waals surface area contributed by atoms with Gasteiger partial charge in [0.2, 0.25) is 11.4 Å². The number of benzene rings is 2. The van der Waals surface area contributed by atoms with E-state index >= 15 is 0 Å². The first-order valence-corrected chi connectivity index (χ1v) is 11.7. The first-order chi connectivity index (χ1) is 14.5. The maximum absolute atomic E-state index is 11.4. The van der Waals surface area contributed by atoms with Crippen molar-refractivity contribution in [1.29, 1.82) is 0 Å². The molecule has 0 N–H and O–H groups in total. The summed E-state index contributed by atoms with van der Waals surface area (Å²) in [6, 6.07) is 13.5. The lowest BCUT2D eigenvalue weighted by atomic mass is 9.97. The lowest BCUT2D eigenvalue weighted by Gasteiger charge is -2.13. The summed E-state index contributed by atoms with van der Waals surface area (Å²) in [6.07, 6.45) is 9.47. The van der Waals surface area contributed by atoms with Crippen molar-refractivity contribution in [1.82, 2.24) is 0 Å². The molecule has 158 valence electrons. The molecule has 0 saturated carbocycles.